The molecule has 3 rings (SSSR count). The molecule has 1 fully saturated rings. The van der Waals surface area contributed by atoms with Gasteiger partial charge in [0.05, 0.1) is 7.11 Å². The molecule has 1 aromatic rings. The van der Waals surface area contributed by atoms with Gasteiger partial charge >= 0.3 is 12.0 Å². The van der Waals surface area contributed by atoms with Gasteiger partial charge in [0.25, 0.3) is 5.56 Å². The summed E-state index contributed by atoms with van der Waals surface area (Å²) in [6.07, 6.45) is 0.984. The van der Waals surface area contributed by atoms with E-state index in [1.54, 1.807) is 17.0 Å². The topological polar surface area (TPSA) is 80.6 Å². The van der Waals surface area contributed by atoms with Crippen LogP contribution in [0, 0.1) is 11.8 Å². The lowest BCUT2D eigenvalue weighted by atomic mass is 9.83. The van der Waals surface area contributed by atoms with Crippen molar-refractivity contribution in [2.75, 3.05) is 20.2 Å². The number of nitrogens with one attached hydrogen (secondary N) is 1. The van der Waals surface area contributed by atoms with Crippen LogP contribution in [-0.2, 0) is 16.1 Å². The van der Waals surface area contributed by atoms with Crippen molar-refractivity contribution in [3.63, 3.8) is 0 Å². The third-order valence-electron chi connectivity index (χ3n) is 5.17. The van der Waals surface area contributed by atoms with Crippen LogP contribution < -0.4 is 10.9 Å². The van der Waals surface area contributed by atoms with E-state index < -0.39 is 12.0 Å². The number of hydrogen-bond donors (Lipinski definition) is 1. The monoisotopic (exact) mass is 347 g/mol. The van der Waals surface area contributed by atoms with Gasteiger partial charge in [-0.3, -0.25) is 4.79 Å². The molecule has 0 unspecified atom stereocenters. The maximum atomic E-state index is 12.7. The lowest BCUT2D eigenvalue weighted by Gasteiger charge is -2.43. The molecule has 0 aliphatic carbocycles. The Bertz CT molecular complexity index is 727. The van der Waals surface area contributed by atoms with Gasteiger partial charge in [-0.25, -0.2) is 9.59 Å². The first-order valence-electron chi connectivity index (χ1n) is 8.73. The van der Waals surface area contributed by atoms with E-state index in [4.69, 9.17) is 4.74 Å². The number of esters is 1. The number of aromatic nitrogens is 1. The van der Waals surface area contributed by atoms with E-state index >= 15 is 0 Å². The summed E-state index contributed by atoms with van der Waals surface area (Å²) < 4.78 is 6.62. The van der Waals surface area contributed by atoms with Gasteiger partial charge in [0.2, 0.25) is 0 Å². The molecule has 0 radical (unpaired) electrons. The molecule has 0 aromatic carbocycles. The summed E-state index contributed by atoms with van der Waals surface area (Å²) in [5, 5.41) is 2.81. The Morgan fingerprint density at radius 3 is 2.68 bits per heavy atom. The predicted molar refractivity (Wildman–Crippen MR) is 92.3 cm³/mol. The zero-order chi connectivity index (χ0) is 18.1. The number of pyridine rings is 1. The van der Waals surface area contributed by atoms with Crippen LogP contribution in [0.4, 0.5) is 4.79 Å². The summed E-state index contributed by atoms with van der Waals surface area (Å²) in [6.45, 7) is 5.53. The molecule has 3 heterocycles. The second kappa shape index (κ2) is 6.90. The van der Waals surface area contributed by atoms with Crippen LogP contribution in [0.3, 0.4) is 0 Å². The van der Waals surface area contributed by atoms with Crippen molar-refractivity contribution in [3.05, 3.63) is 34.2 Å². The molecule has 1 aromatic heterocycles. The van der Waals surface area contributed by atoms with Crippen molar-refractivity contribution < 1.29 is 14.3 Å². The van der Waals surface area contributed by atoms with Crippen molar-refractivity contribution in [1.29, 1.82) is 0 Å². The molecule has 0 saturated carbocycles. The minimum atomic E-state index is -0.658. The maximum absolute atomic E-state index is 12.7. The van der Waals surface area contributed by atoms with Gasteiger partial charge in [-0.15, -0.1) is 0 Å². The SMILES string of the molecule is COC(=O)[C@@H](NC(=O)N1C[C@H]2C[C@@H](C1)c1cccc(=O)n1C2)C(C)C. The molecule has 2 aliphatic rings. The predicted octanol–water partition coefficient (Wildman–Crippen LogP) is 1.17. The highest BCUT2D eigenvalue weighted by Gasteiger charge is 2.37. The molecular formula is C18H25N3O4. The number of ether oxygens (including phenoxy) is 1. The Balaban J connectivity index is 1.75. The number of carbonyl (C=O) groups excluding carboxylic acids is 2. The Morgan fingerprint density at radius 1 is 1.24 bits per heavy atom. The van der Waals surface area contributed by atoms with E-state index in [1.165, 1.54) is 7.11 Å². The number of nitrogens with zero attached hydrogens (tertiary/aromatic N) is 2. The molecule has 2 aliphatic heterocycles. The Hall–Kier alpha value is -2.31. The molecule has 3 atom stereocenters. The molecule has 136 valence electrons. The lowest BCUT2D eigenvalue weighted by Crippen LogP contribution is -2.55. The Labute approximate surface area is 147 Å². The van der Waals surface area contributed by atoms with Crippen LogP contribution in [0.1, 0.15) is 31.9 Å². The molecule has 1 N–H and O–H groups in total. The molecule has 2 amide bonds. The molecule has 7 heteroatoms. The highest BCUT2D eigenvalue weighted by Crippen LogP contribution is 2.34. The van der Waals surface area contributed by atoms with Gasteiger partial charge < -0.3 is 19.5 Å². The molecule has 7 nitrogen and oxygen atoms in total. The van der Waals surface area contributed by atoms with Gasteiger partial charge in [-0.1, -0.05) is 19.9 Å². The third-order valence-corrected chi connectivity index (χ3v) is 5.17. The number of hydrogen-bond acceptors (Lipinski definition) is 4. The number of likely N-dealkylation sites (tertiary alicyclic amines) is 1. The molecular weight excluding hydrogens is 322 g/mol. The fourth-order valence-corrected chi connectivity index (χ4v) is 3.91. The lowest BCUT2D eigenvalue weighted by molar-refractivity contribution is -0.144. The van der Waals surface area contributed by atoms with Gasteiger partial charge in [-0.05, 0) is 24.3 Å². The van der Waals surface area contributed by atoms with Crippen molar-refractivity contribution in [1.82, 2.24) is 14.8 Å². The second-order valence-electron chi connectivity index (χ2n) is 7.30. The van der Waals surface area contributed by atoms with Gasteiger partial charge in [0.1, 0.15) is 6.04 Å². The smallest absolute Gasteiger partial charge is 0.328 e. The van der Waals surface area contributed by atoms with E-state index in [0.29, 0.717) is 19.6 Å². The largest absolute Gasteiger partial charge is 0.467 e. The van der Waals surface area contributed by atoms with Crippen LogP contribution in [0.5, 0.6) is 0 Å². The third kappa shape index (κ3) is 3.41. The van der Waals surface area contributed by atoms with Crippen LogP contribution in [0.25, 0.3) is 0 Å². The Morgan fingerprint density at radius 2 is 2.00 bits per heavy atom. The van der Waals surface area contributed by atoms with Gasteiger partial charge in [0.15, 0.2) is 0 Å². The maximum Gasteiger partial charge on any atom is 0.328 e. The van der Waals surface area contributed by atoms with Crippen LogP contribution in [0.2, 0.25) is 0 Å². The summed E-state index contributed by atoms with van der Waals surface area (Å²) in [4.78, 5) is 38.4. The second-order valence-corrected chi connectivity index (χ2v) is 7.30. The molecule has 0 spiro atoms. The number of fused-ring (bicyclic) bond motifs is 4. The average Bonchev–Trinajstić information content (AvgIpc) is 2.59. The fraction of sp³-hybridized carbons (Fsp3) is 0.611. The number of rotatable bonds is 3. The number of methoxy groups -OCH3 is 1. The highest BCUT2D eigenvalue weighted by atomic mass is 16.5. The quantitative estimate of drug-likeness (QED) is 0.833. The van der Waals surface area contributed by atoms with E-state index in [2.05, 4.69) is 5.32 Å². The summed E-state index contributed by atoms with van der Waals surface area (Å²) >= 11 is 0. The summed E-state index contributed by atoms with van der Waals surface area (Å²) in [5.41, 5.74) is 1.02. The molecule has 25 heavy (non-hydrogen) atoms. The summed E-state index contributed by atoms with van der Waals surface area (Å²) in [6, 6.07) is 4.42. The Kier molecular flexibility index (Phi) is 4.83. The number of amides is 2. The molecule has 2 bridgehead atoms. The standard InChI is InChI=1S/C18H25N3O4/c1-11(2)16(17(23)25-3)19-18(24)20-8-12-7-13(10-20)14-5-4-6-15(22)21(14)9-12/h4-6,11-13,16H,7-10H2,1-3H3,(H,19,24)/t12-,13+,16+/m1/s1. The first-order valence-corrected chi connectivity index (χ1v) is 8.73. The van der Waals surface area contributed by atoms with Crippen LogP contribution >= 0.6 is 0 Å². The fourth-order valence-electron chi connectivity index (χ4n) is 3.91. The van der Waals surface area contributed by atoms with E-state index in [-0.39, 0.29) is 29.3 Å². The minimum absolute atomic E-state index is 0.0238. The van der Waals surface area contributed by atoms with Crippen LogP contribution in [0.15, 0.2) is 23.0 Å². The zero-order valence-corrected chi connectivity index (χ0v) is 14.9. The van der Waals surface area contributed by atoms with Crippen molar-refractivity contribution >= 4 is 12.0 Å². The first kappa shape index (κ1) is 17.5. The summed E-state index contributed by atoms with van der Waals surface area (Å²) in [7, 11) is 1.32. The van der Waals surface area contributed by atoms with Gasteiger partial charge in [-0.2, -0.15) is 0 Å². The zero-order valence-electron chi connectivity index (χ0n) is 14.9. The van der Waals surface area contributed by atoms with E-state index in [0.717, 1.165) is 12.1 Å². The van der Waals surface area contributed by atoms with Gasteiger partial charge in [0, 0.05) is 37.3 Å². The van der Waals surface area contributed by atoms with E-state index in [1.807, 2.05) is 24.5 Å². The molecule has 1 saturated heterocycles. The number of carbonyl (C=O) groups is 2. The first-order chi connectivity index (χ1) is 11.9. The number of piperidine rings is 1. The normalized spacial score (nSPS) is 23.0. The van der Waals surface area contributed by atoms with Crippen LogP contribution in [-0.4, -0.2) is 47.7 Å². The average molecular weight is 347 g/mol. The van der Waals surface area contributed by atoms with E-state index in [9.17, 15) is 14.4 Å². The minimum Gasteiger partial charge on any atom is -0.467 e. The van der Waals surface area contributed by atoms with Crippen molar-refractivity contribution in [2.45, 2.75) is 38.8 Å². The number of urea groups is 1. The van der Waals surface area contributed by atoms with Crippen molar-refractivity contribution in [2.24, 2.45) is 11.8 Å². The highest BCUT2D eigenvalue weighted by molar-refractivity contribution is 5.83. The van der Waals surface area contributed by atoms with Crippen molar-refractivity contribution in [3.8, 4) is 0 Å². The summed E-state index contributed by atoms with van der Waals surface area (Å²) in [5.74, 6) is -0.0760.